The van der Waals surface area contributed by atoms with Gasteiger partial charge in [-0.15, -0.1) is 11.8 Å². The van der Waals surface area contributed by atoms with Crippen molar-refractivity contribution >= 4 is 29.2 Å². The molecule has 0 spiro atoms. The maximum absolute atomic E-state index is 6.18. The first-order valence-electron chi connectivity index (χ1n) is 8.08. The molecule has 0 radical (unpaired) electrons. The summed E-state index contributed by atoms with van der Waals surface area (Å²) < 4.78 is 10.8. The number of halogens is 1. The minimum Gasteiger partial charge on any atom is -0.454 e. The highest BCUT2D eigenvalue weighted by Crippen LogP contribution is 2.34. The molecule has 0 saturated carbocycles. The van der Waals surface area contributed by atoms with Gasteiger partial charge in [0.2, 0.25) is 6.79 Å². The molecule has 0 saturated heterocycles. The number of thioether (sulfide) groups is 1. The SMILES string of the molecule is Clc1ccccc1CNc1cc(SCc2ccc3c(c2)OCO3)ncn1. The minimum atomic E-state index is 0.290. The molecular weight excluding hydrogens is 370 g/mol. The third kappa shape index (κ3) is 4.03. The Bertz CT molecular complexity index is 923. The van der Waals surface area contributed by atoms with Crippen molar-refractivity contribution in [2.24, 2.45) is 0 Å². The van der Waals surface area contributed by atoms with Crippen molar-refractivity contribution < 1.29 is 9.47 Å². The first kappa shape index (κ1) is 17.0. The normalized spacial score (nSPS) is 12.2. The molecule has 2 heterocycles. The Morgan fingerprint density at radius 2 is 1.92 bits per heavy atom. The number of hydrogen-bond donors (Lipinski definition) is 1. The van der Waals surface area contributed by atoms with Crippen LogP contribution in [0.4, 0.5) is 5.82 Å². The Morgan fingerprint density at radius 1 is 1.04 bits per heavy atom. The molecular formula is C19H16ClN3O2S. The summed E-state index contributed by atoms with van der Waals surface area (Å²) in [4.78, 5) is 8.60. The molecule has 132 valence electrons. The maximum atomic E-state index is 6.18. The van der Waals surface area contributed by atoms with Crippen LogP contribution >= 0.6 is 23.4 Å². The maximum Gasteiger partial charge on any atom is 0.231 e. The second-order valence-corrected chi connectivity index (χ2v) is 7.07. The Morgan fingerprint density at radius 3 is 2.85 bits per heavy atom. The first-order valence-corrected chi connectivity index (χ1v) is 9.45. The number of aromatic nitrogens is 2. The molecule has 26 heavy (non-hydrogen) atoms. The topological polar surface area (TPSA) is 56.3 Å². The molecule has 0 bridgehead atoms. The smallest absolute Gasteiger partial charge is 0.231 e. The molecule has 0 unspecified atom stereocenters. The van der Waals surface area contributed by atoms with Gasteiger partial charge in [0.25, 0.3) is 0 Å². The van der Waals surface area contributed by atoms with Gasteiger partial charge < -0.3 is 14.8 Å². The largest absolute Gasteiger partial charge is 0.454 e. The van der Waals surface area contributed by atoms with Gasteiger partial charge in [0, 0.05) is 23.4 Å². The lowest BCUT2D eigenvalue weighted by Crippen LogP contribution is -2.02. The molecule has 0 amide bonds. The second kappa shape index (κ2) is 7.85. The van der Waals surface area contributed by atoms with Gasteiger partial charge in [-0.3, -0.25) is 0 Å². The summed E-state index contributed by atoms with van der Waals surface area (Å²) in [6, 6.07) is 15.7. The van der Waals surface area contributed by atoms with E-state index in [2.05, 4.69) is 15.3 Å². The highest BCUT2D eigenvalue weighted by molar-refractivity contribution is 7.98. The third-order valence-corrected chi connectivity index (χ3v) is 5.25. The van der Waals surface area contributed by atoms with Crippen molar-refractivity contribution in [3.63, 3.8) is 0 Å². The van der Waals surface area contributed by atoms with Gasteiger partial charge in [-0.2, -0.15) is 0 Å². The Balaban J connectivity index is 1.37. The lowest BCUT2D eigenvalue weighted by molar-refractivity contribution is 0.174. The first-order chi connectivity index (χ1) is 12.8. The average Bonchev–Trinajstić information content (AvgIpc) is 3.14. The van der Waals surface area contributed by atoms with Crippen LogP contribution < -0.4 is 14.8 Å². The second-order valence-electron chi connectivity index (χ2n) is 5.66. The van der Waals surface area contributed by atoms with E-state index in [1.807, 2.05) is 48.5 Å². The highest BCUT2D eigenvalue weighted by atomic mass is 35.5. The van der Waals surface area contributed by atoms with Crippen LogP contribution in [0.1, 0.15) is 11.1 Å². The van der Waals surface area contributed by atoms with E-state index >= 15 is 0 Å². The van der Waals surface area contributed by atoms with Crippen LogP contribution in [-0.2, 0) is 12.3 Å². The molecule has 1 N–H and O–H groups in total. The molecule has 0 fully saturated rings. The lowest BCUT2D eigenvalue weighted by Gasteiger charge is -2.08. The fourth-order valence-electron chi connectivity index (χ4n) is 2.53. The van der Waals surface area contributed by atoms with Crippen LogP contribution in [-0.4, -0.2) is 16.8 Å². The number of hydrogen-bond acceptors (Lipinski definition) is 6. The Kier molecular flexibility index (Phi) is 5.13. The lowest BCUT2D eigenvalue weighted by atomic mass is 10.2. The standard InChI is InChI=1S/C19H16ClN3O2S/c20-15-4-2-1-3-14(15)9-21-18-8-19(23-11-22-18)26-10-13-5-6-16-17(7-13)25-12-24-16/h1-8,11H,9-10,12H2,(H,21,22,23). The molecule has 1 aliphatic rings. The summed E-state index contributed by atoms with van der Waals surface area (Å²) >= 11 is 7.83. The fourth-order valence-corrected chi connectivity index (χ4v) is 3.54. The Labute approximate surface area is 160 Å². The van der Waals surface area contributed by atoms with Gasteiger partial charge in [-0.05, 0) is 29.3 Å². The number of nitrogens with one attached hydrogen (secondary N) is 1. The van der Waals surface area contributed by atoms with Gasteiger partial charge >= 0.3 is 0 Å². The fraction of sp³-hybridized carbons (Fsp3) is 0.158. The van der Waals surface area contributed by atoms with Crippen molar-refractivity contribution in [3.8, 4) is 11.5 Å². The monoisotopic (exact) mass is 385 g/mol. The predicted molar refractivity (Wildman–Crippen MR) is 103 cm³/mol. The summed E-state index contributed by atoms with van der Waals surface area (Å²) in [6.07, 6.45) is 1.57. The van der Waals surface area contributed by atoms with Crippen LogP contribution in [0.15, 0.2) is 59.9 Å². The van der Waals surface area contributed by atoms with Gasteiger partial charge in [-0.1, -0.05) is 35.9 Å². The van der Waals surface area contributed by atoms with Crippen LogP contribution in [0, 0.1) is 0 Å². The molecule has 7 heteroatoms. The summed E-state index contributed by atoms with van der Waals surface area (Å²) in [7, 11) is 0. The molecule has 5 nitrogen and oxygen atoms in total. The zero-order chi connectivity index (χ0) is 17.8. The van der Waals surface area contributed by atoms with Crippen LogP contribution in [0.3, 0.4) is 0 Å². The van der Waals surface area contributed by atoms with E-state index in [-0.39, 0.29) is 6.79 Å². The molecule has 3 aromatic rings. The zero-order valence-electron chi connectivity index (χ0n) is 13.8. The van der Waals surface area contributed by atoms with Crippen molar-refractivity contribution in [3.05, 3.63) is 71.0 Å². The van der Waals surface area contributed by atoms with Gasteiger partial charge in [0.05, 0.1) is 0 Å². The van der Waals surface area contributed by atoms with Crippen LogP contribution in [0.25, 0.3) is 0 Å². The zero-order valence-corrected chi connectivity index (χ0v) is 15.4. The van der Waals surface area contributed by atoms with E-state index in [0.717, 1.165) is 44.2 Å². The summed E-state index contributed by atoms with van der Waals surface area (Å²) in [6.45, 7) is 0.904. The van der Waals surface area contributed by atoms with E-state index < -0.39 is 0 Å². The minimum absolute atomic E-state index is 0.290. The molecule has 4 rings (SSSR count). The summed E-state index contributed by atoms with van der Waals surface area (Å²) in [5.41, 5.74) is 2.19. The number of nitrogens with zero attached hydrogens (tertiary/aromatic N) is 2. The third-order valence-electron chi connectivity index (χ3n) is 3.88. The van der Waals surface area contributed by atoms with E-state index in [4.69, 9.17) is 21.1 Å². The number of benzene rings is 2. The van der Waals surface area contributed by atoms with Gasteiger partial charge in [0.15, 0.2) is 11.5 Å². The van der Waals surface area contributed by atoms with E-state index in [1.165, 1.54) is 0 Å². The van der Waals surface area contributed by atoms with Crippen molar-refractivity contribution in [2.45, 2.75) is 17.3 Å². The van der Waals surface area contributed by atoms with E-state index in [0.29, 0.717) is 6.54 Å². The molecule has 2 aromatic carbocycles. The van der Waals surface area contributed by atoms with Gasteiger partial charge in [-0.25, -0.2) is 9.97 Å². The van der Waals surface area contributed by atoms with Crippen molar-refractivity contribution in [2.75, 3.05) is 12.1 Å². The van der Waals surface area contributed by atoms with Crippen LogP contribution in [0.5, 0.6) is 11.5 Å². The molecule has 1 aromatic heterocycles. The Hall–Kier alpha value is -2.44. The highest BCUT2D eigenvalue weighted by Gasteiger charge is 2.13. The predicted octanol–water partition coefficient (Wildman–Crippen LogP) is 4.76. The summed E-state index contributed by atoms with van der Waals surface area (Å²) in [5, 5.41) is 4.93. The van der Waals surface area contributed by atoms with Crippen LogP contribution in [0.2, 0.25) is 5.02 Å². The number of fused-ring (bicyclic) bond motifs is 1. The van der Waals surface area contributed by atoms with E-state index in [9.17, 15) is 0 Å². The van der Waals surface area contributed by atoms with Gasteiger partial charge in [0.1, 0.15) is 17.2 Å². The van der Waals surface area contributed by atoms with Crippen molar-refractivity contribution in [1.82, 2.24) is 9.97 Å². The number of ether oxygens (including phenoxy) is 2. The van der Waals surface area contributed by atoms with Crippen molar-refractivity contribution in [1.29, 1.82) is 0 Å². The number of rotatable bonds is 6. The summed E-state index contributed by atoms with van der Waals surface area (Å²) in [5.74, 6) is 3.16. The average molecular weight is 386 g/mol. The molecule has 0 atom stereocenters. The quantitative estimate of drug-likeness (QED) is 0.487. The number of anilines is 1. The molecule has 0 aliphatic carbocycles. The molecule has 1 aliphatic heterocycles. The van der Waals surface area contributed by atoms with E-state index in [1.54, 1.807) is 18.1 Å².